The largest absolute Gasteiger partial charge is 0.469 e. The van der Waals surface area contributed by atoms with Crippen LogP contribution in [0.4, 0.5) is 0 Å². The van der Waals surface area contributed by atoms with Crippen LogP contribution < -0.4 is 0 Å². The van der Waals surface area contributed by atoms with Gasteiger partial charge in [0, 0.05) is 45.3 Å². The molecule has 2 saturated heterocycles. The Hall–Kier alpha value is -0.650. The van der Waals surface area contributed by atoms with Gasteiger partial charge in [-0.25, -0.2) is 0 Å². The molecule has 122 valence electrons. The third kappa shape index (κ3) is 4.41. The lowest BCUT2D eigenvalue weighted by Gasteiger charge is -2.35. The Balaban J connectivity index is 1.94. The van der Waals surface area contributed by atoms with E-state index in [1.807, 2.05) is 0 Å². The quantitative estimate of drug-likeness (QED) is 0.700. The maximum Gasteiger partial charge on any atom is 0.310 e. The first-order chi connectivity index (χ1) is 10.0. The van der Waals surface area contributed by atoms with Crippen molar-refractivity contribution in [3.8, 4) is 0 Å². The zero-order chi connectivity index (χ0) is 15.4. The van der Waals surface area contributed by atoms with Crippen LogP contribution >= 0.6 is 0 Å². The van der Waals surface area contributed by atoms with Crippen LogP contribution in [0, 0.1) is 11.8 Å². The Kier molecular flexibility index (Phi) is 6.02. The van der Waals surface area contributed by atoms with Crippen molar-refractivity contribution < 1.29 is 9.53 Å². The van der Waals surface area contributed by atoms with E-state index in [2.05, 4.69) is 35.6 Å². The number of piperazine rings is 1. The highest BCUT2D eigenvalue weighted by Crippen LogP contribution is 2.27. The summed E-state index contributed by atoms with van der Waals surface area (Å²) in [6.45, 7) is 11.8. The predicted molar refractivity (Wildman–Crippen MR) is 84.3 cm³/mol. The van der Waals surface area contributed by atoms with Gasteiger partial charge in [0.15, 0.2) is 0 Å². The Labute approximate surface area is 129 Å². The van der Waals surface area contributed by atoms with Crippen LogP contribution in [0.15, 0.2) is 0 Å². The van der Waals surface area contributed by atoms with E-state index in [0.29, 0.717) is 12.0 Å². The van der Waals surface area contributed by atoms with Gasteiger partial charge in [0.1, 0.15) is 0 Å². The molecule has 2 unspecified atom stereocenters. The van der Waals surface area contributed by atoms with Gasteiger partial charge in [-0.05, 0) is 39.8 Å². The van der Waals surface area contributed by atoms with Crippen molar-refractivity contribution in [2.75, 3.05) is 60.0 Å². The van der Waals surface area contributed by atoms with Crippen molar-refractivity contribution in [2.45, 2.75) is 26.3 Å². The minimum atomic E-state index is -0.0236. The number of rotatable bonds is 5. The molecule has 2 fully saturated rings. The van der Waals surface area contributed by atoms with Gasteiger partial charge in [-0.2, -0.15) is 0 Å². The first kappa shape index (κ1) is 16.7. The maximum absolute atomic E-state index is 12.2. The summed E-state index contributed by atoms with van der Waals surface area (Å²) in [5.74, 6) is 0.450. The molecule has 5 heteroatoms. The van der Waals surface area contributed by atoms with E-state index in [9.17, 15) is 4.79 Å². The molecule has 0 bridgehead atoms. The summed E-state index contributed by atoms with van der Waals surface area (Å²) in [6, 6.07) is 0.567. The fraction of sp³-hybridized carbons (Fsp3) is 0.938. The highest BCUT2D eigenvalue weighted by molar-refractivity contribution is 5.73. The van der Waals surface area contributed by atoms with Crippen LogP contribution in [-0.2, 0) is 9.53 Å². The summed E-state index contributed by atoms with van der Waals surface area (Å²) in [5, 5.41) is 0. The van der Waals surface area contributed by atoms with Gasteiger partial charge in [0.25, 0.3) is 0 Å². The summed E-state index contributed by atoms with van der Waals surface area (Å²) in [5.41, 5.74) is 0. The molecule has 0 spiro atoms. The minimum absolute atomic E-state index is 0.0236. The number of ether oxygens (including phenoxy) is 1. The lowest BCUT2D eigenvalue weighted by Crippen LogP contribution is -2.48. The molecular weight excluding hydrogens is 266 g/mol. The molecule has 2 aliphatic heterocycles. The zero-order valence-corrected chi connectivity index (χ0v) is 14.0. The molecule has 0 aromatic carbocycles. The predicted octanol–water partition coefficient (Wildman–Crippen LogP) is 0.753. The molecule has 0 aromatic rings. The monoisotopic (exact) mass is 297 g/mol. The Bertz CT molecular complexity index is 340. The van der Waals surface area contributed by atoms with Crippen molar-refractivity contribution in [1.82, 2.24) is 14.7 Å². The SMILES string of the molecule is COC(=O)C(CN1CCN(C)CC1)C1CCN(C(C)C)C1. The molecule has 2 aliphatic rings. The molecule has 2 rings (SSSR count). The molecule has 0 N–H and O–H groups in total. The number of esters is 1. The molecule has 2 heterocycles. The minimum Gasteiger partial charge on any atom is -0.469 e. The highest BCUT2D eigenvalue weighted by Gasteiger charge is 2.36. The maximum atomic E-state index is 12.2. The summed E-state index contributed by atoms with van der Waals surface area (Å²) in [4.78, 5) is 19.5. The Morgan fingerprint density at radius 2 is 1.86 bits per heavy atom. The molecule has 0 saturated carbocycles. The highest BCUT2D eigenvalue weighted by atomic mass is 16.5. The third-order valence-electron chi connectivity index (χ3n) is 5.11. The van der Waals surface area contributed by atoms with Gasteiger partial charge in [-0.1, -0.05) is 0 Å². The summed E-state index contributed by atoms with van der Waals surface area (Å²) < 4.78 is 5.09. The molecule has 0 radical (unpaired) electrons. The van der Waals surface area contributed by atoms with Crippen molar-refractivity contribution in [3.63, 3.8) is 0 Å². The summed E-state index contributed by atoms with van der Waals surface area (Å²) in [6.07, 6.45) is 1.12. The second-order valence-corrected chi connectivity index (χ2v) is 6.87. The van der Waals surface area contributed by atoms with Crippen LogP contribution in [-0.4, -0.2) is 86.7 Å². The molecule has 0 aromatic heterocycles. The number of likely N-dealkylation sites (tertiary alicyclic amines) is 1. The van der Waals surface area contributed by atoms with Crippen LogP contribution in [0.2, 0.25) is 0 Å². The van der Waals surface area contributed by atoms with Crippen LogP contribution in [0.25, 0.3) is 0 Å². The lowest BCUT2D eigenvalue weighted by molar-refractivity contribution is -0.148. The van der Waals surface area contributed by atoms with Crippen molar-refractivity contribution in [3.05, 3.63) is 0 Å². The van der Waals surface area contributed by atoms with Crippen molar-refractivity contribution >= 4 is 5.97 Å². The Morgan fingerprint density at radius 3 is 2.38 bits per heavy atom. The lowest BCUT2D eigenvalue weighted by atomic mass is 9.90. The smallest absolute Gasteiger partial charge is 0.310 e. The first-order valence-corrected chi connectivity index (χ1v) is 8.24. The fourth-order valence-corrected chi connectivity index (χ4v) is 3.49. The van der Waals surface area contributed by atoms with E-state index >= 15 is 0 Å². The number of hydrogen-bond acceptors (Lipinski definition) is 5. The van der Waals surface area contributed by atoms with E-state index in [0.717, 1.165) is 52.2 Å². The summed E-state index contributed by atoms with van der Waals surface area (Å²) in [7, 11) is 3.68. The van der Waals surface area contributed by atoms with E-state index in [1.165, 1.54) is 7.11 Å². The zero-order valence-electron chi connectivity index (χ0n) is 14.0. The van der Waals surface area contributed by atoms with Gasteiger partial charge in [0.2, 0.25) is 0 Å². The molecular formula is C16H31N3O2. The standard InChI is InChI=1S/C16H31N3O2/c1-13(2)19-6-5-14(11-19)15(16(20)21-4)12-18-9-7-17(3)8-10-18/h13-15H,5-12H2,1-4H3. The van der Waals surface area contributed by atoms with Crippen LogP contribution in [0.3, 0.4) is 0 Å². The van der Waals surface area contributed by atoms with Crippen LogP contribution in [0.1, 0.15) is 20.3 Å². The number of carbonyl (C=O) groups is 1. The molecule has 0 amide bonds. The molecule has 5 nitrogen and oxygen atoms in total. The van der Waals surface area contributed by atoms with E-state index < -0.39 is 0 Å². The van der Waals surface area contributed by atoms with E-state index in [1.54, 1.807) is 0 Å². The number of carbonyl (C=O) groups excluding carboxylic acids is 1. The van der Waals surface area contributed by atoms with Crippen LogP contribution in [0.5, 0.6) is 0 Å². The van der Waals surface area contributed by atoms with Gasteiger partial charge >= 0.3 is 5.97 Å². The number of hydrogen-bond donors (Lipinski definition) is 0. The third-order valence-corrected chi connectivity index (χ3v) is 5.11. The average molecular weight is 297 g/mol. The number of methoxy groups -OCH3 is 1. The van der Waals surface area contributed by atoms with Crippen molar-refractivity contribution in [1.29, 1.82) is 0 Å². The normalized spacial score (nSPS) is 27.2. The van der Waals surface area contributed by atoms with Gasteiger partial charge in [-0.3, -0.25) is 9.69 Å². The second kappa shape index (κ2) is 7.56. The average Bonchev–Trinajstić information content (AvgIpc) is 2.95. The van der Waals surface area contributed by atoms with E-state index in [-0.39, 0.29) is 11.9 Å². The molecule has 21 heavy (non-hydrogen) atoms. The first-order valence-electron chi connectivity index (χ1n) is 8.24. The number of likely N-dealkylation sites (N-methyl/N-ethyl adjacent to an activating group) is 1. The van der Waals surface area contributed by atoms with E-state index in [4.69, 9.17) is 4.74 Å². The van der Waals surface area contributed by atoms with Gasteiger partial charge in [0.05, 0.1) is 13.0 Å². The Morgan fingerprint density at radius 1 is 1.19 bits per heavy atom. The second-order valence-electron chi connectivity index (χ2n) is 6.87. The molecule has 0 aliphatic carbocycles. The van der Waals surface area contributed by atoms with Crippen molar-refractivity contribution in [2.24, 2.45) is 11.8 Å². The van der Waals surface area contributed by atoms with Gasteiger partial charge in [-0.15, -0.1) is 0 Å². The topological polar surface area (TPSA) is 36.0 Å². The number of nitrogens with zero attached hydrogens (tertiary/aromatic N) is 3. The molecule has 2 atom stereocenters. The van der Waals surface area contributed by atoms with Gasteiger partial charge < -0.3 is 14.5 Å². The summed E-state index contributed by atoms with van der Waals surface area (Å²) >= 11 is 0. The fourth-order valence-electron chi connectivity index (χ4n) is 3.49.